The number of aryl methyl sites for hydroxylation is 1. The Morgan fingerprint density at radius 3 is 1.87 bits per heavy atom. The maximum absolute atomic E-state index is 11.8. The highest BCUT2D eigenvalue weighted by Gasteiger charge is 2.11. The van der Waals surface area contributed by atoms with Gasteiger partial charge in [0, 0.05) is 5.02 Å². The Morgan fingerprint density at radius 2 is 1.43 bits per heavy atom. The van der Waals surface area contributed by atoms with Gasteiger partial charge in [-0.05, 0) is 55.7 Å². The van der Waals surface area contributed by atoms with Crippen molar-refractivity contribution in [3.8, 4) is 0 Å². The summed E-state index contributed by atoms with van der Waals surface area (Å²) in [7, 11) is 0. The third-order valence-corrected chi connectivity index (χ3v) is 3.83. The number of carbonyl (C=O) groups is 1. The van der Waals surface area contributed by atoms with Crippen molar-refractivity contribution in [2.45, 2.75) is 20.8 Å². The number of allylic oxidation sites excluding steroid dienone is 3. The largest absolute Gasteiger partial charge is 0.512 e. The average molecular weight is 327 g/mol. The minimum absolute atomic E-state index is 0.0103. The number of aliphatic hydroxyl groups excluding tert-OH is 1. The Hall–Kier alpha value is -2.32. The molecule has 23 heavy (non-hydrogen) atoms. The van der Waals surface area contributed by atoms with Crippen LogP contribution in [0.5, 0.6) is 0 Å². The molecule has 0 aliphatic heterocycles. The predicted octanol–water partition coefficient (Wildman–Crippen LogP) is 5.50. The molecule has 0 amide bonds. The van der Waals surface area contributed by atoms with E-state index in [1.54, 1.807) is 6.08 Å². The third kappa shape index (κ3) is 4.33. The van der Waals surface area contributed by atoms with Gasteiger partial charge in [-0.2, -0.15) is 0 Å². The number of halogens is 1. The molecule has 2 aromatic carbocycles. The zero-order valence-electron chi connectivity index (χ0n) is 13.4. The van der Waals surface area contributed by atoms with Gasteiger partial charge in [0.1, 0.15) is 0 Å². The molecule has 0 spiro atoms. The summed E-state index contributed by atoms with van der Waals surface area (Å²) in [5.74, 6) is -0.167. The van der Waals surface area contributed by atoms with Gasteiger partial charge in [0.05, 0.1) is 11.3 Å². The number of hydrogen-bond donors (Lipinski definition) is 1. The summed E-state index contributed by atoms with van der Waals surface area (Å²) in [6.45, 7) is 4.98. The summed E-state index contributed by atoms with van der Waals surface area (Å²) in [5.41, 5.74) is 4.22. The highest BCUT2D eigenvalue weighted by Crippen LogP contribution is 2.27. The molecule has 0 bridgehead atoms. The summed E-state index contributed by atoms with van der Waals surface area (Å²) in [6.07, 6.45) is 1.73. The number of carbonyl (C=O) groups excluding carboxylic acids is 1. The molecule has 2 nitrogen and oxygen atoms in total. The number of aliphatic hydroxyl groups is 1. The van der Waals surface area contributed by atoms with E-state index in [0.717, 1.165) is 22.3 Å². The second kappa shape index (κ2) is 7.30. The van der Waals surface area contributed by atoms with Crippen LogP contribution in [0.25, 0.3) is 5.57 Å². The van der Waals surface area contributed by atoms with Crippen LogP contribution >= 0.6 is 11.6 Å². The fourth-order valence-corrected chi connectivity index (χ4v) is 2.43. The van der Waals surface area contributed by atoms with E-state index in [1.807, 2.05) is 55.5 Å². The zero-order chi connectivity index (χ0) is 17.0. The van der Waals surface area contributed by atoms with Gasteiger partial charge in [0.2, 0.25) is 0 Å². The van der Waals surface area contributed by atoms with Crippen LogP contribution in [0.3, 0.4) is 0 Å². The lowest BCUT2D eigenvalue weighted by molar-refractivity contribution is -0.113. The highest BCUT2D eigenvalue weighted by atomic mass is 35.5. The van der Waals surface area contributed by atoms with E-state index in [0.29, 0.717) is 10.6 Å². The lowest BCUT2D eigenvalue weighted by Crippen LogP contribution is -1.99. The van der Waals surface area contributed by atoms with E-state index >= 15 is 0 Å². The van der Waals surface area contributed by atoms with Crippen molar-refractivity contribution in [3.05, 3.63) is 87.7 Å². The van der Waals surface area contributed by atoms with Gasteiger partial charge in [-0.3, -0.25) is 4.79 Å². The summed E-state index contributed by atoms with van der Waals surface area (Å²) in [4.78, 5) is 11.8. The van der Waals surface area contributed by atoms with Crippen molar-refractivity contribution in [1.82, 2.24) is 0 Å². The standard InChI is InChI=1S/C20H19ClO2/c1-13-4-6-16(7-5-13)20(12-19(14(2)22)15(3)23)17-8-10-18(21)11-9-17/h4-12,22H,1-3H3/b19-14+,20-12+. The lowest BCUT2D eigenvalue weighted by Gasteiger charge is -2.11. The molecule has 0 fully saturated rings. The number of hydrogen-bond acceptors (Lipinski definition) is 2. The van der Waals surface area contributed by atoms with Crippen LogP contribution in [0.2, 0.25) is 5.02 Å². The second-order valence-corrected chi connectivity index (χ2v) is 5.92. The summed E-state index contributed by atoms with van der Waals surface area (Å²) in [5, 5.41) is 10.5. The first-order chi connectivity index (χ1) is 10.9. The summed E-state index contributed by atoms with van der Waals surface area (Å²) >= 11 is 5.97. The van der Waals surface area contributed by atoms with Crippen LogP contribution in [0.15, 0.2) is 65.9 Å². The van der Waals surface area contributed by atoms with Gasteiger partial charge in [-0.25, -0.2) is 0 Å². The summed E-state index contributed by atoms with van der Waals surface area (Å²) in [6, 6.07) is 15.4. The Morgan fingerprint density at radius 1 is 0.957 bits per heavy atom. The Labute approximate surface area is 141 Å². The van der Waals surface area contributed by atoms with Crippen molar-refractivity contribution in [2.24, 2.45) is 0 Å². The molecule has 0 aliphatic rings. The number of rotatable bonds is 4. The predicted molar refractivity (Wildman–Crippen MR) is 95.7 cm³/mol. The minimum atomic E-state index is -0.177. The molecule has 2 aromatic rings. The first-order valence-corrected chi connectivity index (χ1v) is 7.71. The van der Waals surface area contributed by atoms with Crippen LogP contribution in [0.4, 0.5) is 0 Å². The third-order valence-electron chi connectivity index (χ3n) is 3.58. The highest BCUT2D eigenvalue weighted by molar-refractivity contribution is 6.30. The van der Waals surface area contributed by atoms with E-state index in [9.17, 15) is 9.90 Å². The maximum atomic E-state index is 11.8. The lowest BCUT2D eigenvalue weighted by atomic mass is 9.94. The molecule has 0 unspecified atom stereocenters. The molecular formula is C20H19ClO2. The van der Waals surface area contributed by atoms with Crippen LogP contribution in [-0.4, -0.2) is 10.9 Å². The molecule has 3 heteroatoms. The quantitative estimate of drug-likeness (QED) is 0.457. The molecule has 0 saturated heterocycles. The van der Waals surface area contributed by atoms with Crippen molar-refractivity contribution in [1.29, 1.82) is 0 Å². The zero-order valence-corrected chi connectivity index (χ0v) is 14.2. The molecule has 1 N–H and O–H groups in total. The number of benzene rings is 2. The molecule has 0 atom stereocenters. The van der Waals surface area contributed by atoms with E-state index in [2.05, 4.69) is 0 Å². The summed E-state index contributed by atoms with van der Waals surface area (Å²) < 4.78 is 0. The Kier molecular flexibility index (Phi) is 5.41. The topological polar surface area (TPSA) is 37.3 Å². The Bertz CT molecular complexity index is 715. The molecule has 0 heterocycles. The van der Waals surface area contributed by atoms with Gasteiger partial charge >= 0.3 is 0 Å². The SMILES string of the molecule is CC(=O)C(/C=C(\c1ccc(C)cc1)c1ccc(Cl)cc1)=C(\C)O. The first kappa shape index (κ1) is 17.0. The monoisotopic (exact) mass is 326 g/mol. The smallest absolute Gasteiger partial charge is 0.163 e. The first-order valence-electron chi connectivity index (χ1n) is 7.34. The molecule has 0 saturated carbocycles. The van der Waals surface area contributed by atoms with Crippen LogP contribution in [-0.2, 0) is 4.79 Å². The van der Waals surface area contributed by atoms with Gasteiger partial charge in [0.25, 0.3) is 0 Å². The fraction of sp³-hybridized carbons (Fsp3) is 0.150. The van der Waals surface area contributed by atoms with Gasteiger partial charge in [-0.15, -0.1) is 0 Å². The molecule has 0 aromatic heterocycles. The molecular weight excluding hydrogens is 308 g/mol. The molecule has 0 radical (unpaired) electrons. The molecule has 2 rings (SSSR count). The number of Topliss-reactive ketones (excluding diaryl/α,β-unsaturated/α-hetero) is 1. The van der Waals surface area contributed by atoms with Crippen LogP contribution in [0, 0.1) is 6.92 Å². The van der Waals surface area contributed by atoms with E-state index in [-0.39, 0.29) is 11.5 Å². The van der Waals surface area contributed by atoms with Crippen molar-refractivity contribution < 1.29 is 9.90 Å². The van der Waals surface area contributed by atoms with Gasteiger partial charge < -0.3 is 5.11 Å². The maximum Gasteiger partial charge on any atom is 0.163 e. The second-order valence-electron chi connectivity index (χ2n) is 5.49. The van der Waals surface area contributed by atoms with Crippen LogP contribution in [0.1, 0.15) is 30.5 Å². The minimum Gasteiger partial charge on any atom is -0.512 e. The average Bonchev–Trinajstić information content (AvgIpc) is 2.50. The van der Waals surface area contributed by atoms with Gasteiger partial charge in [0.15, 0.2) is 5.78 Å². The normalized spacial score (nSPS) is 12.8. The van der Waals surface area contributed by atoms with Crippen molar-refractivity contribution in [3.63, 3.8) is 0 Å². The van der Waals surface area contributed by atoms with Crippen LogP contribution < -0.4 is 0 Å². The van der Waals surface area contributed by atoms with Crippen molar-refractivity contribution in [2.75, 3.05) is 0 Å². The van der Waals surface area contributed by atoms with Gasteiger partial charge in [-0.1, -0.05) is 53.6 Å². The fourth-order valence-electron chi connectivity index (χ4n) is 2.30. The molecule has 118 valence electrons. The Balaban J connectivity index is 2.64. The number of ketones is 1. The van der Waals surface area contributed by atoms with Crippen molar-refractivity contribution >= 4 is 23.0 Å². The van der Waals surface area contributed by atoms with E-state index < -0.39 is 0 Å². The molecule has 0 aliphatic carbocycles. The van der Waals surface area contributed by atoms with E-state index in [1.165, 1.54) is 13.8 Å². The van der Waals surface area contributed by atoms with E-state index in [4.69, 9.17) is 11.6 Å².